The van der Waals surface area contributed by atoms with Crippen LogP contribution < -0.4 is 10.2 Å². The van der Waals surface area contributed by atoms with Crippen LogP contribution in [0.25, 0.3) is 0 Å². The van der Waals surface area contributed by atoms with E-state index in [9.17, 15) is 4.79 Å². The van der Waals surface area contributed by atoms with Gasteiger partial charge in [0.25, 0.3) is 5.91 Å². The smallest absolute Gasteiger partial charge is 0.259 e. The molecule has 0 saturated heterocycles. The van der Waals surface area contributed by atoms with Crippen LogP contribution >= 0.6 is 11.6 Å². The van der Waals surface area contributed by atoms with E-state index in [-0.39, 0.29) is 5.91 Å². The predicted octanol–water partition coefficient (Wildman–Crippen LogP) is 4.53. The molecule has 0 fully saturated rings. The van der Waals surface area contributed by atoms with Gasteiger partial charge in [-0.1, -0.05) is 29.8 Å². The summed E-state index contributed by atoms with van der Waals surface area (Å²) >= 11 is 5.78. The van der Waals surface area contributed by atoms with Gasteiger partial charge in [0.05, 0.1) is 30.3 Å². The van der Waals surface area contributed by atoms with E-state index in [0.29, 0.717) is 34.8 Å². The van der Waals surface area contributed by atoms with Crippen LogP contribution in [0.2, 0.25) is 5.15 Å². The van der Waals surface area contributed by atoms with E-state index in [1.807, 2.05) is 6.07 Å². The Bertz CT molecular complexity index is 936. The Morgan fingerprint density at radius 3 is 2.96 bits per heavy atom. The summed E-state index contributed by atoms with van der Waals surface area (Å²) in [6.07, 6.45) is 4.07. The minimum absolute atomic E-state index is 0.224. The molecule has 0 saturated carbocycles. The van der Waals surface area contributed by atoms with Gasteiger partial charge in [0.2, 0.25) is 0 Å². The highest BCUT2D eigenvalue weighted by molar-refractivity contribution is 6.29. The number of nitrogens with zero attached hydrogens (tertiary/aromatic N) is 2. The van der Waals surface area contributed by atoms with Crippen molar-refractivity contribution < 1.29 is 9.21 Å². The second-order valence-electron chi connectivity index (χ2n) is 6.39. The largest absolute Gasteiger partial charge is 0.467 e. The molecule has 1 aromatic carbocycles. The number of hydrogen-bond acceptors (Lipinski definition) is 4. The molecule has 6 heteroatoms. The van der Waals surface area contributed by atoms with Gasteiger partial charge in [0, 0.05) is 11.7 Å². The third-order valence-electron chi connectivity index (χ3n) is 4.64. The van der Waals surface area contributed by atoms with Gasteiger partial charge < -0.3 is 14.6 Å². The summed E-state index contributed by atoms with van der Waals surface area (Å²) in [5, 5.41) is 3.21. The number of pyridine rings is 1. The van der Waals surface area contributed by atoms with Gasteiger partial charge in [-0.3, -0.25) is 4.79 Å². The normalized spacial score (nSPS) is 15.8. The van der Waals surface area contributed by atoms with E-state index in [1.165, 1.54) is 17.4 Å². The number of hydrogen-bond donors (Lipinski definition) is 1. The van der Waals surface area contributed by atoms with Crippen LogP contribution in [0.15, 0.2) is 59.3 Å². The van der Waals surface area contributed by atoms with Crippen molar-refractivity contribution >= 4 is 28.9 Å². The molecule has 3 aromatic rings. The molecule has 2 aromatic heterocycles. The molecule has 1 aliphatic rings. The number of halogens is 1. The highest BCUT2D eigenvalue weighted by atomic mass is 35.5. The number of anilines is 2. The molecule has 3 heterocycles. The Morgan fingerprint density at radius 2 is 2.15 bits per heavy atom. The Balaban J connectivity index is 1.54. The predicted molar refractivity (Wildman–Crippen MR) is 102 cm³/mol. The lowest BCUT2D eigenvalue weighted by molar-refractivity contribution is 0.102. The van der Waals surface area contributed by atoms with Crippen LogP contribution in [-0.4, -0.2) is 16.9 Å². The van der Waals surface area contributed by atoms with Crippen molar-refractivity contribution in [3.8, 4) is 0 Å². The van der Waals surface area contributed by atoms with Crippen molar-refractivity contribution in [2.45, 2.75) is 25.9 Å². The number of rotatable bonds is 4. The Kier molecular flexibility index (Phi) is 4.39. The molecule has 4 rings (SSSR count). The summed E-state index contributed by atoms with van der Waals surface area (Å²) in [5.41, 5.74) is 3.64. The first-order chi connectivity index (χ1) is 12.6. The summed E-state index contributed by atoms with van der Waals surface area (Å²) in [7, 11) is 0. The van der Waals surface area contributed by atoms with Crippen molar-refractivity contribution in [2.75, 3.05) is 10.2 Å². The van der Waals surface area contributed by atoms with E-state index in [4.69, 9.17) is 16.0 Å². The monoisotopic (exact) mass is 367 g/mol. The number of fused-ring (bicyclic) bond motifs is 1. The molecular weight excluding hydrogens is 350 g/mol. The van der Waals surface area contributed by atoms with Gasteiger partial charge in [0.1, 0.15) is 10.9 Å². The third-order valence-corrected chi connectivity index (χ3v) is 4.86. The topological polar surface area (TPSA) is 58.4 Å². The maximum absolute atomic E-state index is 12.6. The molecule has 132 valence electrons. The summed E-state index contributed by atoms with van der Waals surface area (Å²) in [5.74, 6) is 0.422. The first-order valence-electron chi connectivity index (χ1n) is 8.45. The van der Waals surface area contributed by atoms with E-state index in [2.05, 4.69) is 40.3 Å². The van der Waals surface area contributed by atoms with Crippen molar-refractivity contribution in [1.29, 1.82) is 0 Å². The molecule has 0 unspecified atom stereocenters. The summed E-state index contributed by atoms with van der Waals surface area (Å²) in [6, 6.07) is 13.8. The number of carbonyl (C=O) groups excluding carboxylic acids is 1. The minimum atomic E-state index is -0.224. The van der Waals surface area contributed by atoms with Gasteiger partial charge >= 0.3 is 0 Å². The van der Waals surface area contributed by atoms with Crippen molar-refractivity contribution in [3.63, 3.8) is 0 Å². The fourth-order valence-corrected chi connectivity index (χ4v) is 3.45. The fraction of sp³-hybridized carbons (Fsp3) is 0.200. The van der Waals surface area contributed by atoms with Gasteiger partial charge in [-0.05, 0) is 43.2 Å². The SMILES string of the molecule is C[C@H]1Cc2ccccc2N1Cc1occc1C(=O)Nc1ccc(Cl)nc1. The van der Waals surface area contributed by atoms with Gasteiger partial charge in [0.15, 0.2) is 0 Å². The van der Waals surface area contributed by atoms with E-state index in [1.54, 1.807) is 24.5 Å². The first-order valence-corrected chi connectivity index (χ1v) is 8.83. The average Bonchev–Trinajstić information content (AvgIpc) is 3.22. The molecule has 5 nitrogen and oxygen atoms in total. The van der Waals surface area contributed by atoms with Crippen LogP contribution in [-0.2, 0) is 13.0 Å². The maximum atomic E-state index is 12.6. The standard InChI is InChI=1S/C20H18ClN3O2/c1-13-10-14-4-2-3-5-17(14)24(13)12-18-16(8-9-26-18)20(25)23-15-6-7-19(21)22-11-15/h2-9,11,13H,10,12H2,1H3,(H,23,25)/t13-/m0/s1. The lowest BCUT2D eigenvalue weighted by Crippen LogP contribution is -2.29. The Labute approximate surface area is 156 Å². The molecule has 0 radical (unpaired) electrons. The summed E-state index contributed by atoms with van der Waals surface area (Å²) in [4.78, 5) is 18.9. The van der Waals surface area contributed by atoms with Crippen LogP contribution in [0.4, 0.5) is 11.4 Å². The molecule has 1 amide bonds. The minimum Gasteiger partial charge on any atom is -0.467 e. The summed E-state index contributed by atoms with van der Waals surface area (Å²) < 4.78 is 5.63. The Hall–Kier alpha value is -2.79. The molecule has 0 bridgehead atoms. The van der Waals surface area contributed by atoms with E-state index < -0.39 is 0 Å². The molecule has 26 heavy (non-hydrogen) atoms. The van der Waals surface area contributed by atoms with Crippen molar-refractivity contribution in [3.05, 3.63) is 77.0 Å². The van der Waals surface area contributed by atoms with Crippen LogP contribution in [0.1, 0.15) is 28.6 Å². The maximum Gasteiger partial charge on any atom is 0.259 e. The molecule has 1 aliphatic heterocycles. The average molecular weight is 368 g/mol. The number of benzene rings is 1. The molecule has 1 atom stereocenters. The highest BCUT2D eigenvalue weighted by Gasteiger charge is 2.28. The molecule has 1 N–H and O–H groups in total. The quantitative estimate of drug-likeness (QED) is 0.688. The van der Waals surface area contributed by atoms with Crippen LogP contribution in [0, 0.1) is 0 Å². The second kappa shape index (κ2) is 6.84. The molecular formula is C20H18ClN3O2. The van der Waals surface area contributed by atoms with Gasteiger partial charge in [-0.25, -0.2) is 4.98 Å². The lowest BCUT2D eigenvalue weighted by atomic mass is 10.1. The first kappa shape index (κ1) is 16.7. The molecule has 0 spiro atoms. The van der Waals surface area contributed by atoms with Gasteiger partial charge in [-0.2, -0.15) is 0 Å². The van der Waals surface area contributed by atoms with Gasteiger partial charge in [-0.15, -0.1) is 0 Å². The highest BCUT2D eigenvalue weighted by Crippen LogP contribution is 2.33. The third kappa shape index (κ3) is 3.18. The zero-order valence-corrected chi connectivity index (χ0v) is 15.0. The van der Waals surface area contributed by atoms with E-state index >= 15 is 0 Å². The number of aromatic nitrogens is 1. The summed E-state index contributed by atoms with van der Waals surface area (Å²) in [6.45, 7) is 2.73. The number of furan rings is 1. The second-order valence-corrected chi connectivity index (χ2v) is 6.78. The molecule has 0 aliphatic carbocycles. The fourth-order valence-electron chi connectivity index (χ4n) is 3.34. The number of nitrogens with one attached hydrogen (secondary N) is 1. The van der Waals surface area contributed by atoms with Crippen molar-refractivity contribution in [2.24, 2.45) is 0 Å². The number of amides is 1. The Morgan fingerprint density at radius 1 is 1.31 bits per heavy atom. The zero-order chi connectivity index (χ0) is 18.1. The number of para-hydroxylation sites is 1. The van der Waals surface area contributed by atoms with E-state index in [0.717, 1.165) is 6.42 Å². The van der Waals surface area contributed by atoms with Crippen molar-refractivity contribution in [1.82, 2.24) is 4.98 Å². The zero-order valence-electron chi connectivity index (χ0n) is 14.3. The van der Waals surface area contributed by atoms with Crippen LogP contribution in [0.3, 0.4) is 0 Å². The lowest BCUT2D eigenvalue weighted by Gasteiger charge is -2.24. The number of carbonyl (C=O) groups is 1. The van der Waals surface area contributed by atoms with Crippen LogP contribution in [0.5, 0.6) is 0 Å².